The van der Waals surface area contributed by atoms with E-state index in [0.29, 0.717) is 12.1 Å². The number of nitrogens with zero attached hydrogens (tertiary/aromatic N) is 1. The average molecular weight is 244 g/mol. The second-order valence-corrected chi connectivity index (χ2v) is 6.34. The molecule has 0 spiro atoms. The van der Waals surface area contributed by atoms with Crippen molar-refractivity contribution in [3.05, 3.63) is 16.6 Å². The summed E-state index contributed by atoms with van der Waals surface area (Å²) in [6, 6.07) is 0.826. The average Bonchev–Trinajstić information content (AvgIpc) is 2.74. The van der Waals surface area contributed by atoms with Crippen molar-refractivity contribution in [3.63, 3.8) is 0 Å². The number of hydrogen-bond donors (Lipinski definition) is 1. The fourth-order valence-electron chi connectivity index (χ4n) is 1.84. The zero-order valence-electron chi connectivity index (χ0n) is 8.81. The van der Waals surface area contributed by atoms with Gasteiger partial charge in [0.05, 0.1) is 11.2 Å². The van der Waals surface area contributed by atoms with Crippen LogP contribution in [0.2, 0.25) is 0 Å². The molecule has 2 rings (SSSR count). The number of thiazole rings is 1. The van der Waals surface area contributed by atoms with Crippen molar-refractivity contribution in [1.82, 2.24) is 10.3 Å². The van der Waals surface area contributed by atoms with Gasteiger partial charge >= 0.3 is 0 Å². The first-order valence-corrected chi connectivity index (χ1v) is 7.68. The van der Waals surface area contributed by atoms with Crippen LogP contribution in [0, 0.1) is 0 Å². The topological polar surface area (TPSA) is 42.0 Å². The van der Waals surface area contributed by atoms with Crippen LogP contribution >= 0.6 is 11.3 Å². The van der Waals surface area contributed by atoms with E-state index in [2.05, 4.69) is 22.6 Å². The molecule has 5 heteroatoms. The summed E-state index contributed by atoms with van der Waals surface area (Å²) >= 11 is 1.63. The summed E-state index contributed by atoms with van der Waals surface area (Å²) in [7, 11) is -0.566. The summed E-state index contributed by atoms with van der Waals surface area (Å²) < 4.78 is 11.2. The quantitative estimate of drug-likeness (QED) is 0.880. The number of hydrogen-bond acceptors (Lipinski definition) is 4. The first kappa shape index (κ1) is 11.2. The third-order valence-corrected chi connectivity index (χ3v) is 4.76. The molecule has 1 aromatic heterocycles. The molecule has 1 unspecified atom stereocenters. The van der Waals surface area contributed by atoms with Gasteiger partial charge in [0.2, 0.25) is 0 Å². The lowest BCUT2D eigenvalue weighted by atomic mass is 10.1. The molecule has 0 radical (unpaired) electrons. The molecular weight excluding hydrogens is 228 g/mol. The van der Waals surface area contributed by atoms with E-state index < -0.39 is 10.8 Å². The van der Waals surface area contributed by atoms with Crippen LogP contribution in [0.4, 0.5) is 0 Å². The van der Waals surface area contributed by atoms with E-state index in [1.54, 1.807) is 11.3 Å². The van der Waals surface area contributed by atoms with Gasteiger partial charge in [-0.15, -0.1) is 11.3 Å². The fraction of sp³-hybridized carbons (Fsp3) is 0.700. The van der Waals surface area contributed by atoms with E-state index in [4.69, 9.17) is 0 Å². The maximum absolute atomic E-state index is 11.2. The Morgan fingerprint density at radius 1 is 1.60 bits per heavy atom. The molecule has 1 aliphatic rings. The number of rotatable bonds is 3. The second kappa shape index (κ2) is 5.18. The summed E-state index contributed by atoms with van der Waals surface area (Å²) in [6.45, 7) is 2.14. The van der Waals surface area contributed by atoms with Crippen molar-refractivity contribution in [3.8, 4) is 0 Å². The van der Waals surface area contributed by atoms with Gasteiger partial charge in [-0.25, -0.2) is 4.98 Å². The van der Waals surface area contributed by atoms with Crippen molar-refractivity contribution in [2.45, 2.75) is 31.8 Å². The van der Waals surface area contributed by atoms with Crippen LogP contribution in [0.1, 0.15) is 31.5 Å². The normalized spacial score (nSPS) is 28.9. The van der Waals surface area contributed by atoms with Crippen molar-refractivity contribution in [2.75, 3.05) is 11.5 Å². The molecule has 3 nitrogen and oxygen atoms in total. The standard InChI is InChI=1S/C10H16N2OS2/c1-8(10-6-14-7-11-10)12-9-2-4-15(13)5-3-9/h6-9,12H,2-5H2,1H3. The predicted molar refractivity (Wildman–Crippen MR) is 64.6 cm³/mol. The van der Waals surface area contributed by atoms with Gasteiger partial charge in [0.15, 0.2) is 0 Å². The van der Waals surface area contributed by atoms with Crippen LogP contribution in [-0.2, 0) is 10.8 Å². The zero-order valence-corrected chi connectivity index (χ0v) is 10.4. The Morgan fingerprint density at radius 2 is 2.33 bits per heavy atom. The lowest BCUT2D eigenvalue weighted by molar-refractivity contribution is 0.423. The molecule has 1 N–H and O–H groups in total. The van der Waals surface area contributed by atoms with Gasteiger partial charge in [0, 0.05) is 39.8 Å². The Balaban J connectivity index is 1.84. The van der Waals surface area contributed by atoms with E-state index in [1.165, 1.54) is 0 Å². The molecule has 0 amide bonds. The molecule has 1 aliphatic heterocycles. The van der Waals surface area contributed by atoms with Gasteiger partial charge in [-0.3, -0.25) is 4.21 Å². The second-order valence-electron chi connectivity index (χ2n) is 3.92. The molecule has 0 saturated carbocycles. The van der Waals surface area contributed by atoms with Crippen LogP contribution in [0.15, 0.2) is 10.9 Å². The monoisotopic (exact) mass is 244 g/mol. The summed E-state index contributed by atoms with van der Waals surface area (Å²) in [4.78, 5) is 4.29. The molecule has 2 heterocycles. The van der Waals surface area contributed by atoms with Gasteiger partial charge in [0.1, 0.15) is 0 Å². The van der Waals surface area contributed by atoms with Crippen molar-refractivity contribution in [2.24, 2.45) is 0 Å². The van der Waals surface area contributed by atoms with Crippen LogP contribution < -0.4 is 5.32 Å². The smallest absolute Gasteiger partial charge is 0.0795 e. The van der Waals surface area contributed by atoms with Gasteiger partial charge in [0.25, 0.3) is 0 Å². The van der Waals surface area contributed by atoms with Crippen LogP contribution in [-0.4, -0.2) is 26.7 Å². The molecule has 1 saturated heterocycles. The Labute approximate surface area is 96.8 Å². The Kier molecular flexibility index (Phi) is 3.88. The highest BCUT2D eigenvalue weighted by Gasteiger charge is 2.20. The summed E-state index contributed by atoms with van der Waals surface area (Å²) in [5, 5.41) is 5.63. The van der Waals surface area contributed by atoms with Crippen LogP contribution in [0.25, 0.3) is 0 Å². The van der Waals surface area contributed by atoms with Gasteiger partial charge in [-0.1, -0.05) is 0 Å². The Morgan fingerprint density at radius 3 is 2.93 bits per heavy atom. The lowest BCUT2D eigenvalue weighted by Gasteiger charge is -2.25. The Hall–Kier alpha value is -0.260. The van der Waals surface area contributed by atoms with Crippen molar-refractivity contribution in [1.29, 1.82) is 0 Å². The molecule has 1 aromatic rings. The molecule has 0 bridgehead atoms. The summed E-state index contributed by atoms with van der Waals surface area (Å²) in [5.74, 6) is 1.70. The predicted octanol–water partition coefficient (Wildman–Crippen LogP) is 1.70. The molecular formula is C10H16N2OS2. The van der Waals surface area contributed by atoms with Gasteiger partial charge in [-0.2, -0.15) is 0 Å². The minimum absolute atomic E-state index is 0.313. The maximum Gasteiger partial charge on any atom is 0.0795 e. The fourth-order valence-corrected chi connectivity index (χ4v) is 3.78. The van der Waals surface area contributed by atoms with Gasteiger partial charge < -0.3 is 5.32 Å². The largest absolute Gasteiger partial charge is 0.306 e. The van der Waals surface area contributed by atoms with E-state index >= 15 is 0 Å². The summed E-state index contributed by atoms with van der Waals surface area (Å²) in [6.07, 6.45) is 2.06. The molecule has 0 aromatic carbocycles. The van der Waals surface area contributed by atoms with E-state index in [-0.39, 0.29) is 0 Å². The molecule has 1 fully saturated rings. The van der Waals surface area contributed by atoms with E-state index in [1.807, 2.05) is 5.51 Å². The van der Waals surface area contributed by atoms with E-state index in [9.17, 15) is 4.21 Å². The third kappa shape index (κ3) is 3.09. The first-order valence-electron chi connectivity index (χ1n) is 5.25. The summed E-state index contributed by atoms with van der Waals surface area (Å²) in [5.41, 5.74) is 2.98. The van der Waals surface area contributed by atoms with E-state index in [0.717, 1.165) is 30.0 Å². The number of aromatic nitrogens is 1. The minimum atomic E-state index is -0.566. The van der Waals surface area contributed by atoms with Crippen molar-refractivity contribution >= 4 is 22.1 Å². The third-order valence-electron chi connectivity index (χ3n) is 2.77. The van der Waals surface area contributed by atoms with Crippen LogP contribution in [0.5, 0.6) is 0 Å². The first-order chi connectivity index (χ1) is 7.25. The highest BCUT2D eigenvalue weighted by molar-refractivity contribution is 7.85. The SMILES string of the molecule is CC(NC1CCS(=O)CC1)c1cscn1. The molecule has 0 aliphatic carbocycles. The lowest BCUT2D eigenvalue weighted by Crippen LogP contribution is -2.37. The molecule has 1 atom stereocenters. The van der Waals surface area contributed by atoms with Crippen molar-refractivity contribution < 1.29 is 4.21 Å². The van der Waals surface area contributed by atoms with Crippen LogP contribution in [0.3, 0.4) is 0 Å². The van der Waals surface area contributed by atoms with Gasteiger partial charge in [-0.05, 0) is 19.8 Å². The highest BCUT2D eigenvalue weighted by atomic mass is 32.2. The Bertz CT molecular complexity index is 316. The number of nitrogens with one attached hydrogen (secondary N) is 1. The minimum Gasteiger partial charge on any atom is -0.306 e. The maximum atomic E-state index is 11.2. The molecule has 84 valence electrons. The highest BCUT2D eigenvalue weighted by Crippen LogP contribution is 2.16. The zero-order chi connectivity index (χ0) is 10.7. The molecule has 15 heavy (non-hydrogen) atoms.